The van der Waals surface area contributed by atoms with Gasteiger partial charge in [-0.1, -0.05) is 25.4 Å². The highest BCUT2D eigenvalue weighted by Crippen LogP contribution is 2.53. The maximum atomic E-state index is 13.3. The van der Waals surface area contributed by atoms with Crippen molar-refractivity contribution in [2.75, 3.05) is 19.6 Å². The lowest BCUT2D eigenvalue weighted by molar-refractivity contribution is -0.137. The second-order valence-electron chi connectivity index (χ2n) is 10.3. The van der Waals surface area contributed by atoms with Gasteiger partial charge in [-0.15, -0.1) is 0 Å². The molecular weight excluding hydrogens is 412 g/mol. The first kappa shape index (κ1) is 19.6. The molecule has 0 bridgehead atoms. The van der Waals surface area contributed by atoms with Crippen molar-refractivity contribution in [3.8, 4) is 0 Å². The summed E-state index contributed by atoms with van der Waals surface area (Å²) in [6.45, 7) is 5.55. The summed E-state index contributed by atoms with van der Waals surface area (Å²) in [7, 11) is 0. The van der Waals surface area contributed by atoms with Gasteiger partial charge >= 0.3 is 0 Å². The molecule has 4 aliphatic rings. The van der Waals surface area contributed by atoms with Gasteiger partial charge in [0.1, 0.15) is 6.54 Å². The Balaban J connectivity index is 1.26. The summed E-state index contributed by atoms with van der Waals surface area (Å²) in [5, 5.41) is 5.04. The predicted molar refractivity (Wildman–Crippen MR) is 119 cm³/mol. The molecule has 3 aliphatic carbocycles. The summed E-state index contributed by atoms with van der Waals surface area (Å²) in [6.07, 6.45) is 6.05. The number of piperazine rings is 1. The monoisotopic (exact) mass is 440 g/mol. The van der Waals surface area contributed by atoms with Crippen LogP contribution in [0.3, 0.4) is 0 Å². The lowest BCUT2D eigenvalue weighted by atomic mass is 10.0. The van der Waals surface area contributed by atoms with Gasteiger partial charge in [0.15, 0.2) is 5.69 Å². The number of halogens is 1. The summed E-state index contributed by atoms with van der Waals surface area (Å²) >= 11 is 6.71. The number of aromatic nitrogens is 2. The third-order valence-electron chi connectivity index (χ3n) is 7.77. The van der Waals surface area contributed by atoms with Gasteiger partial charge in [0, 0.05) is 24.8 Å². The summed E-state index contributed by atoms with van der Waals surface area (Å²) < 4.78 is 1.83. The molecule has 3 saturated carbocycles. The minimum absolute atomic E-state index is 0.0599. The highest BCUT2D eigenvalue weighted by atomic mass is 35.5. The lowest BCUT2D eigenvalue weighted by Crippen LogP contribution is -2.55. The van der Waals surface area contributed by atoms with Crippen LogP contribution >= 0.6 is 11.6 Å². The fraction of sp³-hybridized carbons (Fsp3) is 0.625. The van der Waals surface area contributed by atoms with Crippen molar-refractivity contribution < 1.29 is 9.59 Å². The average molecular weight is 441 g/mol. The number of pyridine rings is 1. The zero-order valence-corrected chi connectivity index (χ0v) is 18.9. The van der Waals surface area contributed by atoms with Crippen molar-refractivity contribution in [1.82, 2.24) is 19.4 Å². The van der Waals surface area contributed by atoms with Crippen LogP contribution in [0, 0.1) is 11.8 Å². The molecule has 6 nitrogen and oxygen atoms in total. The van der Waals surface area contributed by atoms with E-state index in [0.29, 0.717) is 30.1 Å². The van der Waals surface area contributed by atoms with E-state index in [1.54, 1.807) is 4.90 Å². The van der Waals surface area contributed by atoms with Crippen LogP contribution in [-0.2, 0) is 4.79 Å². The van der Waals surface area contributed by atoms with E-state index in [0.717, 1.165) is 35.9 Å². The fourth-order valence-electron chi connectivity index (χ4n) is 5.70. The predicted octanol–water partition coefficient (Wildman–Crippen LogP) is 4.07. The standard InChI is InChI=1S/C24H29ClN4O2/c1-13(2)19-10-17(14-3-4-14)11-20-22(25)23(26-29(19)20)24(31)27-5-6-28(21(30)12-27)18-8-15-7-16(15)9-18/h10-11,13-16,18H,3-9,12H2,1-2H3. The van der Waals surface area contributed by atoms with Crippen molar-refractivity contribution in [2.24, 2.45) is 11.8 Å². The van der Waals surface area contributed by atoms with Crippen LogP contribution in [0.4, 0.5) is 0 Å². The first-order valence-corrected chi connectivity index (χ1v) is 12.1. The topological polar surface area (TPSA) is 57.9 Å². The van der Waals surface area contributed by atoms with Gasteiger partial charge < -0.3 is 9.80 Å². The number of carbonyl (C=O) groups excluding carboxylic acids is 2. The number of carbonyl (C=O) groups is 2. The Bertz CT molecular complexity index is 1080. The Morgan fingerprint density at radius 3 is 2.52 bits per heavy atom. The number of nitrogens with zero attached hydrogens (tertiary/aromatic N) is 4. The van der Waals surface area contributed by atoms with Crippen molar-refractivity contribution in [3.63, 3.8) is 0 Å². The maximum absolute atomic E-state index is 13.3. The minimum Gasteiger partial charge on any atom is -0.336 e. The van der Waals surface area contributed by atoms with Crippen LogP contribution in [0.15, 0.2) is 12.1 Å². The zero-order valence-electron chi connectivity index (χ0n) is 18.2. The Labute approximate surface area is 187 Å². The highest BCUT2D eigenvalue weighted by Gasteiger charge is 2.49. The zero-order chi connectivity index (χ0) is 21.4. The van der Waals surface area contributed by atoms with E-state index in [4.69, 9.17) is 11.6 Å². The van der Waals surface area contributed by atoms with Gasteiger partial charge in [0.25, 0.3) is 5.91 Å². The molecule has 2 amide bonds. The molecule has 2 unspecified atom stereocenters. The fourth-order valence-corrected chi connectivity index (χ4v) is 5.95. The van der Waals surface area contributed by atoms with Gasteiger partial charge in [-0.2, -0.15) is 5.10 Å². The van der Waals surface area contributed by atoms with Crippen molar-refractivity contribution in [1.29, 1.82) is 0 Å². The average Bonchev–Trinajstić information content (AvgIpc) is 3.67. The molecule has 3 heterocycles. The SMILES string of the molecule is CC(C)c1cc(C2CC2)cc2c(Cl)c(C(=O)N3CCN(C4CC5CC5C4)C(=O)C3)nn12. The molecule has 0 aromatic carbocycles. The Hall–Kier alpha value is -2.08. The summed E-state index contributed by atoms with van der Waals surface area (Å²) in [5.41, 5.74) is 3.42. The Kier molecular flexibility index (Phi) is 4.40. The Morgan fingerprint density at radius 2 is 1.87 bits per heavy atom. The molecule has 31 heavy (non-hydrogen) atoms. The molecule has 1 saturated heterocycles. The molecule has 2 atom stereocenters. The van der Waals surface area contributed by atoms with Crippen LogP contribution in [0.1, 0.15) is 79.5 Å². The van der Waals surface area contributed by atoms with E-state index < -0.39 is 0 Å². The van der Waals surface area contributed by atoms with Gasteiger partial charge in [-0.05, 0) is 73.5 Å². The molecule has 0 spiro atoms. The van der Waals surface area contributed by atoms with Crippen molar-refractivity contribution in [2.45, 2.75) is 63.8 Å². The summed E-state index contributed by atoms with van der Waals surface area (Å²) in [4.78, 5) is 29.8. The number of hydrogen-bond donors (Lipinski definition) is 0. The first-order valence-electron chi connectivity index (χ1n) is 11.7. The number of amides is 2. The van der Waals surface area contributed by atoms with Crippen LogP contribution in [-0.4, -0.2) is 56.9 Å². The molecule has 2 aromatic rings. The molecule has 6 rings (SSSR count). The molecule has 4 fully saturated rings. The summed E-state index contributed by atoms with van der Waals surface area (Å²) in [5.74, 6) is 2.36. The minimum atomic E-state index is -0.237. The summed E-state index contributed by atoms with van der Waals surface area (Å²) in [6, 6.07) is 4.67. The number of hydrogen-bond acceptors (Lipinski definition) is 3. The molecular formula is C24H29ClN4O2. The molecule has 1 aliphatic heterocycles. The third-order valence-corrected chi connectivity index (χ3v) is 8.14. The van der Waals surface area contributed by atoms with Gasteiger partial charge in [-0.25, -0.2) is 4.52 Å². The second kappa shape index (κ2) is 6.96. The van der Waals surface area contributed by atoms with Crippen LogP contribution in [0.5, 0.6) is 0 Å². The molecule has 0 radical (unpaired) electrons. The van der Waals surface area contributed by atoms with E-state index in [1.165, 1.54) is 24.8 Å². The largest absolute Gasteiger partial charge is 0.336 e. The Morgan fingerprint density at radius 1 is 1.13 bits per heavy atom. The maximum Gasteiger partial charge on any atom is 0.276 e. The normalized spacial score (nSPS) is 28.0. The number of rotatable bonds is 4. The molecule has 164 valence electrons. The number of fused-ring (bicyclic) bond motifs is 2. The van der Waals surface area contributed by atoms with E-state index in [2.05, 4.69) is 31.1 Å². The second-order valence-corrected chi connectivity index (χ2v) is 10.7. The van der Waals surface area contributed by atoms with Gasteiger partial charge in [0.2, 0.25) is 5.91 Å². The highest BCUT2D eigenvalue weighted by molar-refractivity contribution is 6.36. The van der Waals surface area contributed by atoms with Crippen LogP contribution in [0.2, 0.25) is 5.02 Å². The van der Waals surface area contributed by atoms with Crippen LogP contribution in [0.25, 0.3) is 5.52 Å². The quantitative estimate of drug-likeness (QED) is 0.720. The smallest absolute Gasteiger partial charge is 0.276 e. The van der Waals surface area contributed by atoms with E-state index in [1.807, 2.05) is 9.42 Å². The van der Waals surface area contributed by atoms with Crippen molar-refractivity contribution in [3.05, 3.63) is 34.1 Å². The third kappa shape index (κ3) is 3.25. The van der Waals surface area contributed by atoms with Gasteiger partial charge in [-0.3, -0.25) is 9.59 Å². The molecule has 0 N–H and O–H groups in total. The van der Waals surface area contributed by atoms with Gasteiger partial charge in [0.05, 0.1) is 10.5 Å². The van der Waals surface area contributed by atoms with Crippen molar-refractivity contribution >= 4 is 28.9 Å². The van der Waals surface area contributed by atoms with Crippen LogP contribution < -0.4 is 0 Å². The van der Waals surface area contributed by atoms with E-state index >= 15 is 0 Å². The molecule has 7 heteroatoms. The molecule has 2 aromatic heterocycles. The van der Waals surface area contributed by atoms with E-state index in [9.17, 15) is 9.59 Å². The lowest BCUT2D eigenvalue weighted by Gasteiger charge is -2.38. The first-order chi connectivity index (χ1) is 14.9. The van der Waals surface area contributed by atoms with E-state index in [-0.39, 0.29) is 30.0 Å².